The molecule has 1 aromatic heterocycles. The van der Waals surface area contributed by atoms with E-state index in [1.807, 2.05) is 0 Å². The molecule has 0 bridgehead atoms. The summed E-state index contributed by atoms with van der Waals surface area (Å²) in [7, 11) is 0. The molecule has 0 spiro atoms. The summed E-state index contributed by atoms with van der Waals surface area (Å²) < 4.78 is 4.84. The summed E-state index contributed by atoms with van der Waals surface area (Å²) >= 11 is 0. The van der Waals surface area contributed by atoms with Crippen LogP contribution in [0.25, 0.3) is 0 Å². The van der Waals surface area contributed by atoms with Crippen LogP contribution in [0.3, 0.4) is 0 Å². The van der Waals surface area contributed by atoms with Crippen LogP contribution in [0.15, 0.2) is 23.0 Å². The standard InChI is InChI=1S/C14H19NO4/c1-10-2-5-14(6-3-10,13(17)18)9-15-12(16)11-4-7-19-8-11/h4,7-8,10H,2-3,5-6,9H2,1H3,(H,15,16)(H,17,18). The molecule has 1 aliphatic rings. The van der Waals surface area contributed by atoms with Gasteiger partial charge in [0.05, 0.1) is 17.2 Å². The normalized spacial score (nSPS) is 26.9. The average Bonchev–Trinajstić information content (AvgIpc) is 2.92. The van der Waals surface area contributed by atoms with E-state index in [9.17, 15) is 14.7 Å². The lowest BCUT2D eigenvalue weighted by Gasteiger charge is -2.35. The van der Waals surface area contributed by atoms with Crippen molar-refractivity contribution >= 4 is 11.9 Å². The van der Waals surface area contributed by atoms with Crippen molar-refractivity contribution in [3.05, 3.63) is 24.2 Å². The SMILES string of the molecule is CC1CCC(CNC(=O)c2ccoc2)(C(=O)O)CC1. The van der Waals surface area contributed by atoms with Gasteiger partial charge in [-0.2, -0.15) is 0 Å². The predicted octanol–water partition coefficient (Wildman–Crippen LogP) is 2.29. The highest BCUT2D eigenvalue weighted by molar-refractivity contribution is 5.94. The molecular weight excluding hydrogens is 246 g/mol. The first-order chi connectivity index (χ1) is 9.03. The quantitative estimate of drug-likeness (QED) is 0.875. The van der Waals surface area contributed by atoms with Crippen LogP contribution in [-0.4, -0.2) is 23.5 Å². The summed E-state index contributed by atoms with van der Waals surface area (Å²) in [5.41, 5.74) is -0.393. The fourth-order valence-electron chi connectivity index (χ4n) is 2.53. The molecule has 19 heavy (non-hydrogen) atoms. The van der Waals surface area contributed by atoms with Crippen LogP contribution in [0.4, 0.5) is 0 Å². The van der Waals surface area contributed by atoms with E-state index in [4.69, 9.17) is 4.42 Å². The third-order valence-corrected chi connectivity index (χ3v) is 4.06. The van der Waals surface area contributed by atoms with Crippen LogP contribution in [0.5, 0.6) is 0 Å². The second-order valence-electron chi connectivity index (χ2n) is 5.46. The van der Waals surface area contributed by atoms with Crippen molar-refractivity contribution in [2.24, 2.45) is 11.3 Å². The first-order valence-electron chi connectivity index (χ1n) is 6.57. The van der Waals surface area contributed by atoms with Crippen molar-refractivity contribution in [2.45, 2.75) is 32.6 Å². The molecule has 2 N–H and O–H groups in total. The number of aliphatic carboxylic acids is 1. The summed E-state index contributed by atoms with van der Waals surface area (Å²) in [6.45, 7) is 2.31. The molecule has 1 saturated carbocycles. The maximum atomic E-state index is 11.8. The summed E-state index contributed by atoms with van der Waals surface area (Å²) in [4.78, 5) is 23.3. The van der Waals surface area contributed by atoms with Crippen molar-refractivity contribution < 1.29 is 19.1 Å². The van der Waals surface area contributed by atoms with Gasteiger partial charge in [-0.25, -0.2) is 0 Å². The number of hydrogen-bond acceptors (Lipinski definition) is 3. The summed E-state index contributed by atoms with van der Waals surface area (Å²) in [5, 5.41) is 12.2. The minimum Gasteiger partial charge on any atom is -0.481 e. The van der Waals surface area contributed by atoms with E-state index in [1.54, 1.807) is 6.07 Å². The van der Waals surface area contributed by atoms with Gasteiger partial charge in [0.1, 0.15) is 6.26 Å². The minimum atomic E-state index is -0.814. The van der Waals surface area contributed by atoms with Crippen molar-refractivity contribution in [3.8, 4) is 0 Å². The van der Waals surface area contributed by atoms with Crippen LogP contribution < -0.4 is 5.32 Å². The van der Waals surface area contributed by atoms with Gasteiger partial charge in [0, 0.05) is 6.54 Å². The van der Waals surface area contributed by atoms with Crippen LogP contribution in [-0.2, 0) is 4.79 Å². The molecule has 0 aromatic carbocycles. The molecule has 104 valence electrons. The number of amides is 1. The van der Waals surface area contributed by atoms with E-state index < -0.39 is 11.4 Å². The molecule has 1 heterocycles. The first kappa shape index (κ1) is 13.6. The number of carbonyl (C=O) groups excluding carboxylic acids is 1. The maximum absolute atomic E-state index is 11.8. The second-order valence-corrected chi connectivity index (χ2v) is 5.46. The molecule has 0 saturated heterocycles. The Morgan fingerprint density at radius 2 is 2.16 bits per heavy atom. The summed E-state index contributed by atoms with van der Waals surface area (Å²) in [6, 6.07) is 1.56. The second kappa shape index (κ2) is 5.47. The van der Waals surface area contributed by atoms with Crippen molar-refractivity contribution in [2.75, 3.05) is 6.54 Å². The Bertz CT molecular complexity index is 444. The lowest BCUT2D eigenvalue weighted by atomic mass is 9.71. The number of carboxylic acid groups (broad SMARTS) is 1. The predicted molar refractivity (Wildman–Crippen MR) is 68.7 cm³/mol. The van der Waals surface area contributed by atoms with Crippen molar-refractivity contribution in [1.29, 1.82) is 0 Å². The van der Waals surface area contributed by atoms with Gasteiger partial charge < -0.3 is 14.8 Å². The average molecular weight is 265 g/mol. The molecule has 1 aliphatic carbocycles. The Morgan fingerprint density at radius 1 is 1.47 bits per heavy atom. The molecule has 5 heteroatoms. The Balaban J connectivity index is 1.98. The first-order valence-corrected chi connectivity index (χ1v) is 6.57. The Hall–Kier alpha value is -1.78. The minimum absolute atomic E-state index is 0.180. The number of carboxylic acids is 1. The zero-order valence-electron chi connectivity index (χ0n) is 11.0. The van der Waals surface area contributed by atoms with Crippen molar-refractivity contribution in [1.82, 2.24) is 5.32 Å². The summed E-state index contributed by atoms with van der Waals surface area (Å²) in [6.07, 6.45) is 5.81. The van der Waals surface area contributed by atoms with Crippen LogP contribution in [0.2, 0.25) is 0 Å². The van der Waals surface area contributed by atoms with Gasteiger partial charge in [-0.3, -0.25) is 9.59 Å². The van der Waals surface area contributed by atoms with Crippen molar-refractivity contribution in [3.63, 3.8) is 0 Å². The molecule has 1 aromatic rings. The van der Waals surface area contributed by atoms with Gasteiger partial charge in [-0.05, 0) is 37.7 Å². The lowest BCUT2D eigenvalue weighted by Crippen LogP contribution is -2.45. The topological polar surface area (TPSA) is 79.5 Å². The lowest BCUT2D eigenvalue weighted by molar-refractivity contribution is -0.151. The van der Waals surface area contributed by atoms with E-state index in [0.29, 0.717) is 24.3 Å². The monoisotopic (exact) mass is 265 g/mol. The number of carbonyl (C=O) groups is 2. The van der Waals surface area contributed by atoms with Gasteiger partial charge in [0.25, 0.3) is 5.91 Å². The van der Waals surface area contributed by atoms with E-state index in [1.165, 1.54) is 12.5 Å². The fraction of sp³-hybridized carbons (Fsp3) is 0.571. The Morgan fingerprint density at radius 3 is 2.68 bits per heavy atom. The summed E-state index contributed by atoms with van der Waals surface area (Å²) in [5.74, 6) is -0.531. The largest absolute Gasteiger partial charge is 0.481 e. The molecule has 1 fully saturated rings. The van der Waals surface area contributed by atoms with Gasteiger partial charge in [-0.1, -0.05) is 6.92 Å². The zero-order valence-corrected chi connectivity index (χ0v) is 11.0. The van der Waals surface area contributed by atoms with E-state index in [0.717, 1.165) is 12.8 Å². The highest BCUT2D eigenvalue weighted by Crippen LogP contribution is 2.38. The van der Waals surface area contributed by atoms with Gasteiger partial charge in [-0.15, -0.1) is 0 Å². The van der Waals surface area contributed by atoms with Gasteiger partial charge in [0.15, 0.2) is 0 Å². The molecule has 1 amide bonds. The highest BCUT2D eigenvalue weighted by Gasteiger charge is 2.41. The molecule has 5 nitrogen and oxygen atoms in total. The molecule has 0 atom stereocenters. The molecule has 2 rings (SSSR count). The molecule has 0 unspecified atom stereocenters. The number of rotatable bonds is 4. The number of hydrogen-bond donors (Lipinski definition) is 2. The van der Waals surface area contributed by atoms with E-state index in [2.05, 4.69) is 12.2 Å². The Kier molecular flexibility index (Phi) is 3.93. The maximum Gasteiger partial charge on any atom is 0.311 e. The third-order valence-electron chi connectivity index (χ3n) is 4.06. The highest BCUT2D eigenvalue weighted by atomic mass is 16.4. The molecular formula is C14H19NO4. The number of furan rings is 1. The van der Waals surface area contributed by atoms with Crippen LogP contribution in [0.1, 0.15) is 43.0 Å². The van der Waals surface area contributed by atoms with Crippen LogP contribution >= 0.6 is 0 Å². The molecule has 0 radical (unpaired) electrons. The Labute approximate surface area is 112 Å². The zero-order chi connectivity index (χ0) is 13.9. The van der Waals surface area contributed by atoms with Gasteiger partial charge in [0.2, 0.25) is 0 Å². The number of nitrogens with one attached hydrogen (secondary N) is 1. The third kappa shape index (κ3) is 2.97. The smallest absolute Gasteiger partial charge is 0.311 e. The molecule has 0 aliphatic heterocycles. The van der Waals surface area contributed by atoms with Crippen LogP contribution in [0, 0.1) is 11.3 Å². The van der Waals surface area contributed by atoms with E-state index >= 15 is 0 Å². The fourth-order valence-corrected chi connectivity index (χ4v) is 2.53. The van der Waals surface area contributed by atoms with Gasteiger partial charge >= 0.3 is 5.97 Å². The van der Waals surface area contributed by atoms with E-state index in [-0.39, 0.29) is 12.5 Å².